The Hall–Kier alpha value is -1.08. The van der Waals surface area contributed by atoms with Crippen LogP contribution in [0.3, 0.4) is 0 Å². The van der Waals surface area contributed by atoms with Crippen LogP contribution >= 0.6 is 0 Å². The van der Waals surface area contributed by atoms with E-state index >= 15 is 0 Å². The molecular weight excluding hydrogens is 338 g/mol. The highest BCUT2D eigenvalue weighted by atomic mass is 28.4. The maximum Gasteiger partial charge on any atom is 0.411 e. The maximum absolute atomic E-state index is 12.5. The Morgan fingerprint density at radius 3 is 2.12 bits per heavy atom. The summed E-state index contributed by atoms with van der Waals surface area (Å²) in [6.45, 7) is 17.3. The molecule has 1 rings (SSSR count). The van der Waals surface area contributed by atoms with E-state index < -0.39 is 32.0 Å². The van der Waals surface area contributed by atoms with Gasteiger partial charge in [0.15, 0.2) is 8.32 Å². The average Bonchev–Trinajstić information content (AvgIpc) is 2.85. The molecule has 0 unspecified atom stereocenters. The van der Waals surface area contributed by atoms with Gasteiger partial charge in [0.2, 0.25) is 0 Å². The molecule has 0 saturated carbocycles. The summed E-state index contributed by atoms with van der Waals surface area (Å²) in [6, 6.07) is -0.649. The highest BCUT2D eigenvalue weighted by Crippen LogP contribution is 2.38. The van der Waals surface area contributed by atoms with Crippen LogP contribution < -0.4 is 0 Å². The zero-order chi connectivity index (χ0) is 19.6. The molecule has 146 valence electrons. The molecule has 0 radical (unpaired) electrons. The smallest absolute Gasteiger partial charge is 0.411 e. The number of rotatable bonds is 4. The molecule has 2 atom stereocenters. The molecule has 1 amide bonds. The summed E-state index contributed by atoms with van der Waals surface area (Å²) in [4.78, 5) is 26.3. The minimum atomic E-state index is -1.92. The van der Waals surface area contributed by atoms with Crippen LogP contribution in [0.4, 0.5) is 4.79 Å². The van der Waals surface area contributed by atoms with E-state index in [1.807, 2.05) is 20.8 Å². The predicted octanol–water partition coefficient (Wildman–Crippen LogP) is 3.81. The number of likely N-dealkylation sites (tertiary alicyclic amines) is 1. The van der Waals surface area contributed by atoms with Gasteiger partial charge in [-0.15, -0.1) is 0 Å². The summed E-state index contributed by atoms with van der Waals surface area (Å²) in [7, 11) is -0.574. The summed E-state index contributed by atoms with van der Waals surface area (Å²) in [6.07, 6.45) is 0.228. The standard InChI is InChI=1S/C18H35NO5Si/c1-17(2,3)24-16(21)19-11-10-13(14(19)15(20)22-7)12-23-25(8,9)18(4,5)6/h13-14H,10-12H2,1-9H3/t13-,14-/m1/s1. The second-order valence-corrected chi connectivity index (χ2v) is 14.1. The van der Waals surface area contributed by atoms with E-state index in [4.69, 9.17) is 13.9 Å². The summed E-state index contributed by atoms with van der Waals surface area (Å²) < 4.78 is 16.7. The fourth-order valence-electron chi connectivity index (χ4n) is 2.53. The fourth-order valence-corrected chi connectivity index (χ4v) is 3.59. The van der Waals surface area contributed by atoms with Crippen LogP contribution in [0.1, 0.15) is 48.0 Å². The first-order valence-electron chi connectivity index (χ1n) is 8.91. The monoisotopic (exact) mass is 373 g/mol. The highest BCUT2D eigenvalue weighted by molar-refractivity contribution is 6.74. The van der Waals surface area contributed by atoms with E-state index in [1.54, 1.807) is 0 Å². The highest BCUT2D eigenvalue weighted by Gasteiger charge is 2.46. The van der Waals surface area contributed by atoms with Crippen molar-refractivity contribution in [1.29, 1.82) is 0 Å². The van der Waals surface area contributed by atoms with Gasteiger partial charge in [-0.2, -0.15) is 0 Å². The van der Waals surface area contributed by atoms with E-state index in [0.29, 0.717) is 19.6 Å². The SMILES string of the molecule is COC(=O)[C@H]1[C@@H](CO[Si](C)(C)C(C)(C)C)CCN1C(=O)OC(C)(C)C. The Balaban J connectivity index is 2.88. The van der Waals surface area contributed by atoms with Crippen LogP contribution in [-0.2, 0) is 18.7 Å². The second-order valence-electron chi connectivity index (χ2n) is 9.26. The zero-order valence-corrected chi connectivity index (χ0v) is 18.3. The summed E-state index contributed by atoms with van der Waals surface area (Å²) in [5.74, 6) is -0.485. The van der Waals surface area contributed by atoms with Gasteiger partial charge in [-0.1, -0.05) is 20.8 Å². The van der Waals surface area contributed by atoms with Gasteiger partial charge in [-0.3, -0.25) is 4.90 Å². The van der Waals surface area contributed by atoms with Gasteiger partial charge in [0.1, 0.15) is 11.6 Å². The topological polar surface area (TPSA) is 65.1 Å². The number of esters is 1. The summed E-state index contributed by atoms with van der Waals surface area (Å²) in [5, 5.41) is 0.0945. The number of ether oxygens (including phenoxy) is 2. The lowest BCUT2D eigenvalue weighted by Gasteiger charge is -2.37. The van der Waals surface area contributed by atoms with Gasteiger partial charge >= 0.3 is 12.1 Å². The molecule has 1 heterocycles. The first-order chi connectivity index (χ1) is 11.2. The Labute approximate surface area is 153 Å². The second kappa shape index (κ2) is 7.66. The Morgan fingerprint density at radius 2 is 1.68 bits per heavy atom. The van der Waals surface area contributed by atoms with Crippen LogP contribution in [0.15, 0.2) is 0 Å². The van der Waals surface area contributed by atoms with Crippen molar-refractivity contribution in [2.24, 2.45) is 5.92 Å². The van der Waals surface area contributed by atoms with Crippen molar-refractivity contribution >= 4 is 20.4 Å². The van der Waals surface area contributed by atoms with E-state index in [1.165, 1.54) is 12.0 Å². The van der Waals surface area contributed by atoms with E-state index in [2.05, 4.69) is 33.9 Å². The molecule has 1 aliphatic rings. The van der Waals surface area contributed by atoms with Crippen molar-refractivity contribution in [3.05, 3.63) is 0 Å². The number of hydrogen-bond acceptors (Lipinski definition) is 5. The van der Waals surface area contributed by atoms with Gasteiger partial charge in [-0.25, -0.2) is 9.59 Å². The number of methoxy groups -OCH3 is 1. The minimum absolute atomic E-state index is 0.0749. The van der Waals surface area contributed by atoms with Gasteiger partial charge in [0, 0.05) is 19.1 Å². The summed E-state index contributed by atoms with van der Waals surface area (Å²) in [5.41, 5.74) is -0.604. The third kappa shape index (κ3) is 5.71. The molecule has 6 nitrogen and oxygen atoms in total. The zero-order valence-electron chi connectivity index (χ0n) is 17.3. The average molecular weight is 374 g/mol. The van der Waals surface area contributed by atoms with E-state index in [0.717, 1.165) is 0 Å². The van der Waals surface area contributed by atoms with Crippen LogP contribution in [0.25, 0.3) is 0 Å². The molecule has 7 heteroatoms. The number of nitrogens with zero attached hydrogens (tertiary/aromatic N) is 1. The van der Waals surface area contributed by atoms with Crippen molar-refractivity contribution in [2.75, 3.05) is 20.3 Å². The molecule has 0 bridgehead atoms. The van der Waals surface area contributed by atoms with Crippen molar-refractivity contribution in [3.8, 4) is 0 Å². The first-order valence-corrected chi connectivity index (χ1v) is 11.8. The lowest BCUT2D eigenvalue weighted by Crippen LogP contribution is -2.48. The molecule has 0 aromatic heterocycles. The molecule has 1 saturated heterocycles. The molecule has 1 fully saturated rings. The van der Waals surface area contributed by atoms with Crippen molar-refractivity contribution < 1.29 is 23.5 Å². The van der Waals surface area contributed by atoms with Crippen molar-refractivity contribution in [2.45, 2.75) is 77.7 Å². The number of amides is 1. The lowest BCUT2D eigenvalue weighted by atomic mass is 10.0. The molecular formula is C18H35NO5Si. The molecule has 1 aliphatic heterocycles. The molecule has 0 aliphatic carbocycles. The molecule has 0 N–H and O–H groups in total. The van der Waals surface area contributed by atoms with Crippen LogP contribution in [-0.4, -0.2) is 57.2 Å². The van der Waals surface area contributed by atoms with Crippen LogP contribution in [0.2, 0.25) is 18.1 Å². The third-order valence-electron chi connectivity index (χ3n) is 5.06. The molecule has 0 aromatic carbocycles. The van der Waals surface area contributed by atoms with E-state index in [-0.39, 0.29) is 11.0 Å². The lowest BCUT2D eigenvalue weighted by molar-refractivity contribution is -0.147. The predicted molar refractivity (Wildman–Crippen MR) is 100 cm³/mol. The Kier molecular flexibility index (Phi) is 6.73. The fraction of sp³-hybridized carbons (Fsp3) is 0.889. The summed E-state index contributed by atoms with van der Waals surface area (Å²) >= 11 is 0. The molecule has 0 spiro atoms. The maximum atomic E-state index is 12.5. The number of hydrogen-bond donors (Lipinski definition) is 0. The van der Waals surface area contributed by atoms with Gasteiger partial charge in [0.05, 0.1) is 7.11 Å². The third-order valence-corrected chi connectivity index (χ3v) is 9.56. The van der Waals surface area contributed by atoms with Gasteiger partial charge in [-0.05, 0) is 45.3 Å². The Bertz CT molecular complexity index is 493. The van der Waals surface area contributed by atoms with E-state index in [9.17, 15) is 9.59 Å². The van der Waals surface area contributed by atoms with Crippen molar-refractivity contribution in [3.63, 3.8) is 0 Å². The number of carbonyl (C=O) groups excluding carboxylic acids is 2. The molecule has 0 aromatic rings. The van der Waals surface area contributed by atoms with Crippen LogP contribution in [0, 0.1) is 5.92 Å². The Morgan fingerprint density at radius 1 is 1.12 bits per heavy atom. The largest absolute Gasteiger partial charge is 0.467 e. The van der Waals surface area contributed by atoms with Gasteiger partial charge in [0.25, 0.3) is 0 Å². The van der Waals surface area contributed by atoms with Gasteiger partial charge < -0.3 is 13.9 Å². The van der Waals surface area contributed by atoms with Crippen LogP contribution in [0.5, 0.6) is 0 Å². The first kappa shape index (κ1) is 22.0. The normalized spacial score (nSPS) is 22.0. The minimum Gasteiger partial charge on any atom is -0.467 e. The quantitative estimate of drug-likeness (QED) is 0.554. The van der Waals surface area contributed by atoms with Crippen molar-refractivity contribution in [1.82, 2.24) is 4.90 Å². The molecule has 25 heavy (non-hydrogen) atoms. The number of carbonyl (C=O) groups is 2.